The van der Waals surface area contributed by atoms with Gasteiger partial charge in [-0.2, -0.15) is 0 Å². The highest BCUT2D eigenvalue weighted by atomic mass is 79.9. The van der Waals surface area contributed by atoms with E-state index in [0.29, 0.717) is 0 Å². The predicted molar refractivity (Wildman–Crippen MR) is 78.7 cm³/mol. The lowest BCUT2D eigenvalue weighted by Crippen LogP contribution is -2.46. The molecule has 4 heteroatoms. The molecule has 0 aliphatic heterocycles. The highest BCUT2D eigenvalue weighted by molar-refractivity contribution is 9.12. The molecule has 1 N–H and O–H groups in total. The van der Waals surface area contributed by atoms with Crippen LogP contribution in [0.25, 0.3) is 0 Å². The Morgan fingerprint density at radius 1 is 1.24 bits per heavy atom. The SMILES string of the molecule is CC(Br)C(Br)C(=O)NC(C)(C)c1ccccc1. The molecule has 0 fully saturated rings. The fourth-order valence-corrected chi connectivity index (χ4v) is 1.87. The van der Waals surface area contributed by atoms with E-state index in [0.717, 1.165) is 5.56 Å². The number of halogens is 2. The third-order valence-electron chi connectivity index (χ3n) is 2.58. The second kappa shape index (κ2) is 6.01. The van der Waals surface area contributed by atoms with Gasteiger partial charge < -0.3 is 5.32 Å². The van der Waals surface area contributed by atoms with E-state index >= 15 is 0 Å². The van der Waals surface area contributed by atoms with E-state index in [1.807, 2.05) is 51.1 Å². The Morgan fingerprint density at radius 3 is 2.24 bits per heavy atom. The van der Waals surface area contributed by atoms with Crippen LogP contribution in [-0.4, -0.2) is 15.6 Å². The van der Waals surface area contributed by atoms with E-state index in [1.165, 1.54) is 0 Å². The third-order valence-corrected chi connectivity index (χ3v) is 5.03. The first-order valence-electron chi connectivity index (χ1n) is 5.50. The smallest absolute Gasteiger partial charge is 0.235 e. The van der Waals surface area contributed by atoms with Crippen molar-refractivity contribution in [3.63, 3.8) is 0 Å². The van der Waals surface area contributed by atoms with Crippen LogP contribution in [0, 0.1) is 0 Å². The molecule has 1 amide bonds. The molecule has 0 bridgehead atoms. The zero-order chi connectivity index (χ0) is 13.1. The maximum Gasteiger partial charge on any atom is 0.235 e. The molecule has 2 atom stereocenters. The Bertz CT molecular complexity index is 376. The number of alkyl halides is 2. The Hall–Kier alpha value is -0.350. The fraction of sp³-hybridized carbons (Fsp3) is 0.462. The highest BCUT2D eigenvalue weighted by Crippen LogP contribution is 2.21. The molecule has 0 spiro atoms. The van der Waals surface area contributed by atoms with E-state index in [-0.39, 0.29) is 21.1 Å². The van der Waals surface area contributed by atoms with Crippen molar-refractivity contribution in [2.45, 2.75) is 36.0 Å². The summed E-state index contributed by atoms with van der Waals surface area (Å²) in [6, 6.07) is 9.95. The van der Waals surface area contributed by atoms with E-state index in [4.69, 9.17) is 0 Å². The average molecular weight is 363 g/mol. The number of rotatable bonds is 4. The molecular formula is C13H17Br2NO. The summed E-state index contributed by atoms with van der Waals surface area (Å²) in [5.74, 6) is -0.0109. The van der Waals surface area contributed by atoms with Gasteiger partial charge in [-0.25, -0.2) is 0 Å². The van der Waals surface area contributed by atoms with Crippen LogP contribution < -0.4 is 5.32 Å². The summed E-state index contributed by atoms with van der Waals surface area (Å²) in [5.41, 5.74) is 0.724. The number of nitrogens with one attached hydrogen (secondary N) is 1. The van der Waals surface area contributed by atoms with Crippen molar-refractivity contribution in [1.29, 1.82) is 0 Å². The summed E-state index contributed by atoms with van der Waals surface area (Å²) in [5, 5.41) is 3.04. The number of amides is 1. The standard InChI is InChI=1S/C13H17Br2NO/c1-9(14)11(15)12(17)16-13(2,3)10-7-5-4-6-8-10/h4-9,11H,1-3H3,(H,16,17). The van der Waals surface area contributed by atoms with Crippen LogP contribution in [0.1, 0.15) is 26.3 Å². The molecule has 0 aromatic heterocycles. The molecule has 0 radical (unpaired) electrons. The molecule has 94 valence electrons. The summed E-state index contributed by atoms with van der Waals surface area (Å²) < 4.78 is 0. The lowest BCUT2D eigenvalue weighted by atomic mass is 9.94. The van der Waals surface area contributed by atoms with Crippen LogP contribution in [0.4, 0.5) is 0 Å². The Balaban J connectivity index is 2.77. The lowest BCUT2D eigenvalue weighted by Gasteiger charge is -2.28. The maximum absolute atomic E-state index is 12.0. The van der Waals surface area contributed by atoms with Gasteiger partial charge in [0.2, 0.25) is 5.91 Å². The molecule has 17 heavy (non-hydrogen) atoms. The van der Waals surface area contributed by atoms with Gasteiger partial charge >= 0.3 is 0 Å². The van der Waals surface area contributed by atoms with Crippen LogP contribution in [0.2, 0.25) is 0 Å². The van der Waals surface area contributed by atoms with Crippen molar-refractivity contribution in [2.75, 3.05) is 0 Å². The quantitative estimate of drug-likeness (QED) is 0.815. The Labute approximate surface area is 119 Å². The summed E-state index contributed by atoms with van der Waals surface area (Å²) in [6.07, 6.45) is 0. The normalized spacial score (nSPS) is 15.1. The Kier molecular flexibility index (Phi) is 5.20. The van der Waals surface area contributed by atoms with Crippen molar-refractivity contribution in [1.82, 2.24) is 5.32 Å². The molecule has 1 aromatic rings. The van der Waals surface area contributed by atoms with Gasteiger partial charge in [-0.15, -0.1) is 0 Å². The minimum atomic E-state index is -0.369. The van der Waals surface area contributed by atoms with E-state index in [9.17, 15) is 4.79 Å². The van der Waals surface area contributed by atoms with Crippen molar-refractivity contribution in [3.8, 4) is 0 Å². The lowest BCUT2D eigenvalue weighted by molar-refractivity contribution is -0.122. The van der Waals surface area contributed by atoms with Crippen LogP contribution >= 0.6 is 31.9 Å². The second-order valence-electron chi connectivity index (χ2n) is 4.56. The molecule has 0 heterocycles. The monoisotopic (exact) mass is 361 g/mol. The zero-order valence-electron chi connectivity index (χ0n) is 10.2. The first-order valence-corrected chi connectivity index (χ1v) is 7.33. The number of benzene rings is 1. The molecule has 0 aliphatic rings. The van der Waals surface area contributed by atoms with Gasteiger partial charge in [0.1, 0.15) is 4.83 Å². The summed E-state index contributed by atoms with van der Waals surface area (Å²) >= 11 is 6.77. The summed E-state index contributed by atoms with van der Waals surface area (Å²) in [4.78, 5) is 11.8. The van der Waals surface area contributed by atoms with Crippen molar-refractivity contribution >= 4 is 37.8 Å². The molecule has 1 rings (SSSR count). The molecule has 1 aromatic carbocycles. The average Bonchev–Trinajstić information content (AvgIpc) is 2.28. The first-order chi connectivity index (χ1) is 7.84. The van der Waals surface area contributed by atoms with Crippen molar-refractivity contribution in [3.05, 3.63) is 35.9 Å². The molecule has 0 saturated carbocycles. The predicted octanol–water partition coefficient (Wildman–Crippen LogP) is 3.58. The molecule has 0 aliphatic carbocycles. The minimum Gasteiger partial charge on any atom is -0.346 e. The third kappa shape index (κ3) is 4.11. The van der Waals surface area contributed by atoms with Crippen LogP contribution in [0.3, 0.4) is 0 Å². The van der Waals surface area contributed by atoms with E-state index in [1.54, 1.807) is 0 Å². The van der Waals surface area contributed by atoms with E-state index in [2.05, 4.69) is 37.2 Å². The number of hydrogen-bond acceptors (Lipinski definition) is 1. The zero-order valence-corrected chi connectivity index (χ0v) is 13.4. The molecule has 2 unspecified atom stereocenters. The van der Waals surface area contributed by atoms with Gasteiger partial charge in [-0.1, -0.05) is 69.1 Å². The first kappa shape index (κ1) is 14.7. The summed E-state index contributed by atoms with van der Waals surface area (Å²) in [6.45, 7) is 5.94. The van der Waals surface area contributed by atoms with Gasteiger partial charge in [0.05, 0.1) is 5.54 Å². The molecule has 0 saturated heterocycles. The number of carbonyl (C=O) groups is 1. The maximum atomic E-state index is 12.0. The van der Waals surface area contributed by atoms with Crippen LogP contribution in [-0.2, 0) is 10.3 Å². The highest BCUT2D eigenvalue weighted by Gasteiger charge is 2.27. The minimum absolute atomic E-state index is 0.0109. The fourth-order valence-electron chi connectivity index (χ4n) is 1.51. The topological polar surface area (TPSA) is 29.1 Å². The Morgan fingerprint density at radius 2 is 1.76 bits per heavy atom. The number of carbonyl (C=O) groups excluding carboxylic acids is 1. The van der Waals surface area contributed by atoms with Gasteiger partial charge in [0.15, 0.2) is 0 Å². The van der Waals surface area contributed by atoms with Gasteiger partial charge in [0.25, 0.3) is 0 Å². The van der Waals surface area contributed by atoms with Crippen LogP contribution in [0.15, 0.2) is 30.3 Å². The van der Waals surface area contributed by atoms with E-state index < -0.39 is 0 Å². The summed E-state index contributed by atoms with van der Waals surface area (Å²) in [7, 11) is 0. The van der Waals surface area contributed by atoms with Gasteiger partial charge in [0, 0.05) is 4.83 Å². The van der Waals surface area contributed by atoms with Crippen molar-refractivity contribution < 1.29 is 4.79 Å². The van der Waals surface area contributed by atoms with Gasteiger partial charge in [-0.05, 0) is 19.4 Å². The largest absolute Gasteiger partial charge is 0.346 e. The van der Waals surface area contributed by atoms with Gasteiger partial charge in [-0.3, -0.25) is 4.79 Å². The molecule has 2 nitrogen and oxygen atoms in total. The second-order valence-corrected chi connectivity index (χ2v) is 6.99. The van der Waals surface area contributed by atoms with Crippen molar-refractivity contribution in [2.24, 2.45) is 0 Å². The van der Waals surface area contributed by atoms with Crippen LogP contribution in [0.5, 0.6) is 0 Å². The number of hydrogen-bond donors (Lipinski definition) is 1. The molecular weight excluding hydrogens is 346 g/mol.